The Labute approximate surface area is 221 Å². The molecule has 0 bridgehead atoms. The number of aromatic nitrogens is 2. The number of H-pyrrole nitrogens is 1. The number of hydrogen-bond donors (Lipinski definition) is 1. The van der Waals surface area contributed by atoms with Crippen LogP contribution in [0.5, 0.6) is 0 Å². The molecule has 38 heavy (non-hydrogen) atoms. The van der Waals surface area contributed by atoms with Gasteiger partial charge in [0.1, 0.15) is 0 Å². The van der Waals surface area contributed by atoms with Gasteiger partial charge in [-0.15, -0.1) is 0 Å². The van der Waals surface area contributed by atoms with E-state index >= 15 is 0 Å². The van der Waals surface area contributed by atoms with E-state index in [9.17, 15) is 0 Å². The zero-order chi connectivity index (χ0) is 25.1. The molecule has 0 spiro atoms. The van der Waals surface area contributed by atoms with Crippen molar-refractivity contribution < 1.29 is 0 Å². The predicted molar refractivity (Wildman–Crippen MR) is 162 cm³/mol. The number of hydrogen-bond acceptors (Lipinski definition) is 0. The van der Waals surface area contributed by atoms with Crippen molar-refractivity contribution in [1.29, 1.82) is 0 Å². The molecule has 180 valence electrons. The molecule has 5 aromatic carbocycles. The molecular weight excluding hydrogens is 460 g/mol. The molecule has 2 heterocycles. The molecule has 0 fully saturated rings. The first-order chi connectivity index (χ1) is 18.8. The molecule has 2 nitrogen and oxygen atoms in total. The lowest BCUT2D eigenvalue weighted by Crippen LogP contribution is -1.95. The van der Waals surface area contributed by atoms with Gasteiger partial charge in [0.25, 0.3) is 0 Å². The van der Waals surface area contributed by atoms with Crippen LogP contribution in [0.1, 0.15) is 24.0 Å². The van der Waals surface area contributed by atoms with Crippen LogP contribution in [-0.2, 0) is 0 Å². The van der Waals surface area contributed by atoms with E-state index < -0.39 is 0 Å². The van der Waals surface area contributed by atoms with Crippen molar-refractivity contribution in [2.45, 2.75) is 12.8 Å². The molecular formula is C36H26N2. The topological polar surface area (TPSA) is 20.7 Å². The Morgan fingerprint density at radius 2 is 1.08 bits per heavy atom. The molecule has 0 amide bonds. The van der Waals surface area contributed by atoms with Gasteiger partial charge in [0, 0.05) is 38.3 Å². The minimum atomic E-state index is 1.04. The molecule has 0 aliphatic heterocycles. The van der Waals surface area contributed by atoms with Crippen LogP contribution >= 0.6 is 0 Å². The SMILES string of the molecule is C1=C(c2ccc3[nH]c4ccccc4c3c2)CCC(c2ccc3c(c2)c2ccccc2n3-c2ccccc2)=C1. The fraction of sp³-hybridized carbons (Fsp3) is 0.0556. The molecule has 2 heteroatoms. The second-order valence-corrected chi connectivity index (χ2v) is 10.2. The van der Waals surface area contributed by atoms with Crippen LogP contribution in [0.25, 0.3) is 60.4 Å². The number of nitrogens with zero attached hydrogens (tertiary/aromatic N) is 1. The number of nitrogens with one attached hydrogen (secondary N) is 1. The van der Waals surface area contributed by atoms with Crippen LogP contribution in [0.4, 0.5) is 0 Å². The minimum Gasteiger partial charge on any atom is -0.355 e. The predicted octanol–water partition coefficient (Wildman–Crippen LogP) is 9.68. The Morgan fingerprint density at radius 1 is 0.474 bits per heavy atom. The summed E-state index contributed by atoms with van der Waals surface area (Å²) in [6.07, 6.45) is 6.74. The highest BCUT2D eigenvalue weighted by molar-refractivity contribution is 6.10. The summed E-state index contributed by atoms with van der Waals surface area (Å²) < 4.78 is 2.38. The van der Waals surface area contributed by atoms with Crippen molar-refractivity contribution in [3.63, 3.8) is 0 Å². The Morgan fingerprint density at radius 3 is 1.87 bits per heavy atom. The van der Waals surface area contributed by atoms with Gasteiger partial charge in [-0.1, -0.05) is 78.9 Å². The highest BCUT2D eigenvalue weighted by Gasteiger charge is 2.16. The smallest absolute Gasteiger partial charge is 0.0541 e. The van der Waals surface area contributed by atoms with Gasteiger partial charge >= 0.3 is 0 Å². The van der Waals surface area contributed by atoms with Crippen LogP contribution in [0.15, 0.2) is 127 Å². The lowest BCUT2D eigenvalue weighted by atomic mass is 9.89. The fourth-order valence-corrected chi connectivity index (χ4v) is 6.19. The van der Waals surface area contributed by atoms with Gasteiger partial charge in [-0.2, -0.15) is 0 Å². The Kier molecular flexibility index (Phi) is 4.68. The molecule has 1 aliphatic rings. The maximum absolute atomic E-state index is 3.54. The zero-order valence-corrected chi connectivity index (χ0v) is 21.0. The summed E-state index contributed by atoms with van der Waals surface area (Å²) in [7, 11) is 0. The summed E-state index contributed by atoms with van der Waals surface area (Å²) in [4.78, 5) is 3.54. The Hall–Kier alpha value is -4.82. The monoisotopic (exact) mass is 486 g/mol. The highest BCUT2D eigenvalue weighted by atomic mass is 15.0. The maximum Gasteiger partial charge on any atom is 0.0541 e. The normalized spacial score (nSPS) is 13.9. The third kappa shape index (κ3) is 3.27. The van der Waals surface area contributed by atoms with Gasteiger partial charge in [-0.05, 0) is 83.6 Å². The quantitative estimate of drug-likeness (QED) is 0.257. The van der Waals surface area contributed by atoms with Crippen molar-refractivity contribution in [1.82, 2.24) is 9.55 Å². The van der Waals surface area contributed by atoms with Crippen LogP contribution in [0, 0.1) is 0 Å². The third-order valence-electron chi connectivity index (χ3n) is 8.08. The summed E-state index contributed by atoms with van der Waals surface area (Å²) in [6, 6.07) is 41.8. The fourth-order valence-electron chi connectivity index (χ4n) is 6.19. The number of benzene rings is 5. The summed E-state index contributed by atoms with van der Waals surface area (Å²) in [5, 5.41) is 5.20. The van der Waals surface area contributed by atoms with Crippen molar-refractivity contribution in [2.75, 3.05) is 0 Å². The van der Waals surface area contributed by atoms with E-state index in [1.54, 1.807) is 0 Å². The molecule has 0 saturated carbocycles. The molecule has 0 atom stereocenters. The molecule has 1 N–H and O–H groups in total. The van der Waals surface area contributed by atoms with Crippen molar-refractivity contribution in [3.05, 3.63) is 139 Å². The minimum absolute atomic E-state index is 1.04. The van der Waals surface area contributed by atoms with Crippen molar-refractivity contribution in [2.24, 2.45) is 0 Å². The number of fused-ring (bicyclic) bond motifs is 6. The number of aromatic amines is 1. The Balaban J connectivity index is 1.20. The molecule has 2 aromatic heterocycles. The van der Waals surface area contributed by atoms with Crippen LogP contribution in [0.3, 0.4) is 0 Å². The summed E-state index contributed by atoms with van der Waals surface area (Å²) in [6.45, 7) is 0. The van der Waals surface area contributed by atoms with Gasteiger partial charge in [0.2, 0.25) is 0 Å². The van der Waals surface area contributed by atoms with E-state index in [1.165, 1.54) is 71.6 Å². The molecule has 0 radical (unpaired) electrons. The van der Waals surface area contributed by atoms with E-state index in [0.29, 0.717) is 0 Å². The number of para-hydroxylation sites is 3. The molecule has 1 aliphatic carbocycles. The maximum atomic E-state index is 3.54. The lowest BCUT2D eigenvalue weighted by Gasteiger charge is -2.16. The van der Waals surface area contributed by atoms with E-state index in [4.69, 9.17) is 0 Å². The first kappa shape index (κ1) is 21.3. The Bertz CT molecular complexity index is 2070. The number of allylic oxidation sites excluding steroid dienone is 4. The first-order valence-electron chi connectivity index (χ1n) is 13.3. The second kappa shape index (κ2) is 8.36. The molecule has 0 unspecified atom stereocenters. The van der Waals surface area contributed by atoms with Gasteiger partial charge in [0.15, 0.2) is 0 Å². The molecule has 8 rings (SSSR count). The third-order valence-corrected chi connectivity index (χ3v) is 8.08. The van der Waals surface area contributed by atoms with E-state index in [2.05, 4.69) is 137 Å². The van der Waals surface area contributed by atoms with Crippen LogP contribution < -0.4 is 0 Å². The van der Waals surface area contributed by atoms with Crippen LogP contribution in [-0.4, -0.2) is 9.55 Å². The van der Waals surface area contributed by atoms with Gasteiger partial charge in [0.05, 0.1) is 11.0 Å². The summed E-state index contributed by atoms with van der Waals surface area (Å²) in [5.74, 6) is 0. The molecule has 0 saturated heterocycles. The van der Waals surface area contributed by atoms with E-state index in [1.807, 2.05) is 0 Å². The lowest BCUT2D eigenvalue weighted by molar-refractivity contribution is 1.07. The van der Waals surface area contributed by atoms with Gasteiger partial charge < -0.3 is 9.55 Å². The van der Waals surface area contributed by atoms with Crippen molar-refractivity contribution >= 4 is 54.8 Å². The van der Waals surface area contributed by atoms with Gasteiger partial charge in [-0.25, -0.2) is 0 Å². The average Bonchev–Trinajstić information content (AvgIpc) is 3.53. The van der Waals surface area contributed by atoms with Crippen molar-refractivity contribution in [3.8, 4) is 5.69 Å². The standard InChI is InChI=1S/C36H26N2/c1-2-8-28(9-3-1)38-35-13-7-5-11-30(35)32-23-27(19-21-36(32)38)25-16-14-24(15-17-25)26-18-20-34-31(22-26)29-10-4-6-12-33(29)37-34/h1-14,16,18-23,37H,15,17H2. The highest BCUT2D eigenvalue weighted by Crippen LogP contribution is 2.37. The zero-order valence-electron chi connectivity index (χ0n) is 21.0. The summed E-state index contributed by atoms with van der Waals surface area (Å²) >= 11 is 0. The second-order valence-electron chi connectivity index (χ2n) is 10.2. The van der Waals surface area contributed by atoms with E-state index in [0.717, 1.165) is 12.8 Å². The largest absolute Gasteiger partial charge is 0.355 e. The van der Waals surface area contributed by atoms with Gasteiger partial charge in [-0.3, -0.25) is 0 Å². The molecule has 7 aromatic rings. The first-order valence-corrected chi connectivity index (χ1v) is 13.3. The van der Waals surface area contributed by atoms with E-state index in [-0.39, 0.29) is 0 Å². The van der Waals surface area contributed by atoms with Crippen LogP contribution in [0.2, 0.25) is 0 Å². The summed E-state index contributed by atoms with van der Waals surface area (Å²) in [5.41, 5.74) is 11.5. The number of rotatable bonds is 3. The average molecular weight is 487 g/mol.